The number of hydrogen-bond donors (Lipinski definition) is 0. The minimum Gasteiger partial charge on any atom is -0.0546 e. The first-order valence-electron chi connectivity index (χ1n) is 2.69. The summed E-state index contributed by atoms with van der Waals surface area (Å²) in [7, 11) is 0. The summed E-state index contributed by atoms with van der Waals surface area (Å²) in [5.74, 6) is 0.671. The van der Waals surface area contributed by atoms with Crippen LogP contribution >= 0.6 is 0 Å². The fourth-order valence-electron chi connectivity index (χ4n) is 0.289. The van der Waals surface area contributed by atoms with Crippen LogP contribution in [0.2, 0.25) is 0 Å². The van der Waals surface area contributed by atoms with Crippen molar-refractivity contribution in [3.63, 3.8) is 0 Å². The molecule has 0 rings (SSSR count). The third kappa shape index (κ3) is 2.36. The van der Waals surface area contributed by atoms with Crippen LogP contribution in [0.1, 0.15) is 27.7 Å². The van der Waals surface area contributed by atoms with Crippen molar-refractivity contribution in [1.29, 1.82) is 0 Å². The van der Waals surface area contributed by atoms with Gasteiger partial charge in [-0.1, -0.05) is 13.8 Å². The first-order chi connectivity index (χ1) is 3.18. The molecule has 0 heterocycles. The molecule has 0 atom stereocenters. The number of hydrogen-bond acceptors (Lipinski definition) is 0. The predicted molar refractivity (Wildman–Crippen MR) is 32.9 cm³/mol. The maximum atomic E-state index is 3.08. The molecule has 0 amide bonds. The lowest BCUT2D eigenvalue weighted by atomic mass is 10.1. The van der Waals surface area contributed by atoms with E-state index in [1.54, 1.807) is 0 Å². The zero-order valence-corrected chi connectivity index (χ0v) is 5.58. The Morgan fingerprint density at radius 2 is 1.86 bits per heavy atom. The SMILES string of the molecule is C[C+]=C(C)C(C)C. The predicted octanol–water partition coefficient (Wildman–Crippen LogP) is 2.41. The van der Waals surface area contributed by atoms with Crippen LogP contribution in [-0.4, -0.2) is 0 Å². The molecule has 0 saturated carbocycles. The maximum absolute atomic E-state index is 3.08. The van der Waals surface area contributed by atoms with Crippen LogP contribution in [0, 0.1) is 12.0 Å². The van der Waals surface area contributed by atoms with Crippen molar-refractivity contribution >= 4 is 0 Å². The monoisotopic (exact) mass is 97.1 g/mol. The molecule has 7 heavy (non-hydrogen) atoms. The highest BCUT2D eigenvalue weighted by Crippen LogP contribution is 2.05. The van der Waals surface area contributed by atoms with Crippen LogP contribution in [0.25, 0.3) is 0 Å². The molecule has 0 radical (unpaired) electrons. The van der Waals surface area contributed by atoms with Gasteiger partial charge in [0.25, 0.3) is 0 Å². The maximum Gasteiger partial charge on any atom is 0.218 e. The molecule has 0 saturated heterocycles. The highest BCUT2D eigenvalue weighted by Gasteiger charge is 2.02. The van der Waals surface area contributed by atoms with Crippen molar-refractivity contribution in [3.8, 4) is 0 Å². The zero-order chi connectivity index (χ0) is 5.86. The molecule has 0 unspecified atom stereocenters. The normalized spacial score (nSPS) is 11.9. The van der Waals surface area contributed by atoms with Crippen LogP contribution in [0.3, 0.4) is 0 Å². The quantitative estimate of drug-likeness (QED) is 0.441. The molecule has 0 aromatic carbocycles. The van der Waals surface area contributed by atoms with Crippen molar-refractivity contribution in [2.75, 3.05) is 0 Å². The Morgan fingerprint density at radius 1 is 1.43 bits per heavy atom. The molecule has 0 bridgehead atoms. The van der Waals surface area contributed by atoms with Gasteiger partial charge in [-0.15, -0.1) is 0 Å². The van der Waals surface area contributed by atoms with Crippen molar-refractivity contribution in [2.45, 2.75) is 27.7 Å². The average Bonchev–Trinajstić information content (AvgIpc) is 1.65. The van der Waals surface area contributed by atoms with Gasteiger partial charge in [-0.05, 0) is 0 Å². The fourth-order valence-corrected chi connectivity index (χ4v) is 0.289. The Kier molecular flexibility index (Phi) is 2.62. The summed E-state index contributed by atoms with van der Waals surface area (Å²) in [6, 6.07) is 0. The second kappa shape index (κ2) is 2.76. The van der Waals surface area contributed by atoms with Gasteiger partial charge in [-0.25, -0.2) is 0 Å². The van der Waals surface area contributed by atoms with E-state index in [0.717, 1.165) is 0 Å². The van der Waals surface area contributed by atoms with Crippen molar-refractivity contribution in [3.05, 3.63) is 11.6 Å². The van der Waals surface area contributed by atoms with Crippen molar-refractivity contribution in [1.82, 2.24) is 0 Å². The first kappa shape index (κ1) is 6.65. The third-order valence-electron chi connectivity index (χ3n) is 1.26. The molecule has 0 nitrogen and oxygen atoms in total. The molecule has 40 valence electrons. The third-order valence-corrected chi connectivity index (χ3v) is 1.26. The lowest BCUT2D eigenvalue weighted by Crippen LogP contribution is -1.86. The summed E-state index contributed by atoms with van der Waals surface area (Å²) < 4.78 is 0. The van der Waals surface area contributed by atoms with Crippen molar-refractivity contribution in [2.24, 2.45) is 5.92 Å². The highest BCUT2D eigenvalue weighted by molar-refractivity contribution is 4.92. The van der Waals surface area contributed by atoms with Gasteiger partial charge in [0.1, 0.15) is 0 Å². The van der Waals surface area contributed by atoms with E-state index < -0.39 is 0 Å². The molecule has 0 heteroatoms. The minimum atomic E-state index is 0.671. The van der Waals surface area contributed by atoms with Gasteiger partial charge < -0.3 is 0 Å². The Hall–Kier alpha value is -0.350. The largest absolute Gasteiger partial charge is 0.218 e. The van der Waals surface area contributed by atoms with Gasteiger partial charge in [-0.2, -0.15) is 0 Å². The topological polar surface area (TPSA) is 0 Å². The van der Waals surface area contributed by atoms with Crippen LogP contribution in [0.5, 0.6) is 0 Å². The van der Waals surface area contributed by atoms with E-state index in [0.29, 0.717) is 5.92 Å². The van der Waals surface area contributed by atoms with Gasteiger partial charge in [0.2, 0.25) is 6.08 Å². The highest BCUT2D eigenvalue weighted by atomic mass is 14.0. The molecule has 0 spiro atoms. The molecule has 0 aliphatic carbocycles. The molecule has 0 aliphatic rings. The Bertz CT molecular complexity index is 68.1. The van der Waals surface area contributed by atoms with E-state index in [4.69, 9.17) is 0 Å². The Labute approximate surface area is 46.2 Å². The molecular weight excluding hydrogens is 84.1 g/mol. The smallest absolute Gasteiger partial charge is 0.0546 e. The Morgan fingerprint density at radius 3 is 1.86 bits per heavy atom. The van der Waals surface area contributed by atoms with E-state index in [9.17, 15) is 0 Å². The first-order valence-corrected chi connectivity index (χ1v) is 2.69. The fraction of sp³-hybridized carbons (Fsp3) is 0.714. The summed E-state index contributed by atoms with van der Waals surface area (Å²) in [6.07, 6.45) is 3.08. The van der Waals surface area contributed by atoms with Gasteiger partial charge in [-0.3, -0.25) is 0 Å². The van der Waals surface area contributed by atoms with Crippen LogP contribution in [0.15, 0.2) is 5.57 Å². The Balaban J connectivity index is 3.56. The zero-order valence-electron chi connectivity index (χ0n) is 5.58. The van der Waals surface area contributed by atoms with E-state index in [2.05, 4.69) is 26.8 Å². The van der Waals surface area contributed by atoms with Gasteiger partial charge >= 0.3 is 0 Å². The van der Waals surface area contributed by atoms with Gasteiger partial charge in [0.05, 0.1) is 0 Å². The van der Waals surface area contributed by atoms with Crippen molar-refractivity contribution < 1.29 is 0 Å². The second-order valence-electron chi connectivity index (χ2n) is 2.09. The molecule has 0 aromatic rings. The summed E-state index contributed by atoms with van der Waals surface area (Å²) in [6.45, 7) is 8.40. The van der Waals surface area contributed by atoms with Crippen LogP contribution in [-0.2, 0) is 0 Å². The number of allylic oxidation sites excluding steroid dienone is 2. The molecule has 0 aliphatic heterocycles. The lowest BCUT2D eigenvalue weighted by molar-refractivity contribution is 0.763. The summed E-state index contributed by atoms with van der Waals surface area (Å²) >= 11 is 0. The van der Waals surface area contributed by atoms with E-state index >= 15 is 0 Å². The lowest BCUT2D eigenvalue weighted by Gasteiger charge is -1.89. The average molecular weight is 97.2 g/mol. The molecule has 0 N–H and O–H groups in total. The molecule has 0 fully saturated rings. The summed E-state index contributed by atoms with van der Waals surface area (Å²) in [5.41, 5.74) is 1.35. The standard InChI is InChI=1S/C7H13/c1-5-7(4)6(2)3/h6H,1-4H3/q+1. The van der Waals surface area contributed by atoms with E-state index in [-0.39, 0.29) is 0 Å². The van der Waals surface area contributed by atoms with Crippen LogP contribution in [0.4, 0.5) is 0 Å². The van der Waals surface area contributed by atoms with E-state index in [1.165, 1.54) is 5.57 Å². The molecule has 0 aromatic heterocycles. The summed E-state index contributed by atoms with van der Waals surface area (Å²) in [4.78, 5) is 0. The van der Waals surface area contributed by atoms with Gasteiger partial charge in [0.15, 0.2) is 12.5 Å². The summed E-state index contributed by atoms with van der Waals surface area (Å²) in [5, 5.41) is 0. The number of rotatable bonds is 1. The van der Waals surface area contributed by atoms with Crippen LogP contribution < -0.4 is 0 Å². The molecular formula is C7H13+. The van der Waals surface area contributed by atoms with Gasteiger partial charge in [0, 0.05) is 12.8 Å². The minimum absolute atomic E-state index is 0.671. The van der Waals surface area contributed by atoms with E-state index in [1.807, 2.05) is 6.92 Å². The second-order valence-corrected chi connectivity index (χ2v) is 2.09.